The standard InChI is InChI=1S/C33H30ClF3N6O3S/c1-45-31(44)24-16-5-8-42(13-20(16)24)30-18-9-21(34)25(17-3-4-22(36)28-23(17)19(11-38)29(39)47-28)26(37)27(18)40-32(41-30)46-14-33-6-2-7-43(33)12-15(35)10-33/h3-4,9,15-16,20,24H,2,5-8,10,12-14,39H2,1H3/t15-,16-,20+,24-,33+/m1/s1. The molecule has 4 aliphatic rings. The number of nitrogens with two attached hydrogens (primary N) is 1. The van der Waals surface area contributed by atoms with Gasteiger partial charge in [0.25, 0.3) is 0 Å². The van der Waals surface area contributed by atoms with Gasteiger partial charge in [-0.05, 0) is 55.3 Å². The molecule has 5 atom stereocenters. The third-order valence-corrected chi connectivity index (χ3v) is 11.9. The number of piperidine rings is 1. The van der Waals surface area contributed by atoms with Crippen molar-refractivity contribution in [3.8, 4) is 23.2 Å². The highest BCUT2D eigenvalue weighted by Crippen LogP contribution is 2.53. The number of rotatable bonds is 6. The molecular weight excluding hydrogens is 653 g/mol. The van der Waals surface area contributed by atoms with Gasteiger partial charge in [0.15, 0.2) is 5.82 Å². The Kier molecular flexibility index (Phi) is 7.20. The molecular formula is C33H30ClF3N6O3S. The van der Waals surface area contributed by atoms with Crippen LogP contribution in [0.4, 0.5) is 24.0 Å². The zero-order valence-corrected chi connectivity index (χ0v) is 26.9. The SMILES string of the molecule is COC(=O)[C@@H]1[C@@H]2CCN(c3nc(OC[C@@]45CCCN4C[C@H](F)C5)nc4c(F)c(-c5ccc(F)c6sc(N)c(C#N)c56)c(Cl)cc34)C[C@@H]21. The molecule has 0 spiro atoms. The van der Waals surface area contributed by atoms with E-state index in [0.717, 1.165) is 37.1 Å². The molecule has 8 rings (SSSR count). The lowest BCUT2D eigenvalue weighted by atomic mass is 9.95. The Morgan fingerprint density at radius 2 is 2.09 bits per heavy atom. The Balaban J connectivity index is 1.26. The highest BCUT2D eigenvalue weighted by Gasteiger charge is 2.57. The number of hydrogen-bond acceptors (Lipinski definition) is 10. The maximum atomic E-state index is 16.9. The van der Waals surface area contributed by atoms with Gasteiger partial charge in [-0.25, -0.2) is 13.2 Å². The number of aromatic nitrogens is 2. The maximum Gasteiger partial charge on any atom is 0.319 e. The normalized spacial score (nSPS) is 26.8. The van der Waals surface area contributed by atoms with Crippen molar-refractivity contribution >= 4 is 60.7 Å². The van der Waals surface area contributed by atoms with Crippen molar-refractivity contribution in [2.24, 2.45) is 17.8 Å². The number of ether oxygens (including phenoxy) is 2. The van der Waals surface area contributed by atoms with Crippen molar-refractivity contribution < 1.29 is 27.4 Å². The molecule has 0 bridgehead atoms. The third kappa shape index (κ3) is 4.70. The van der Waals surface area contributed by atoms with Crippen LogP contribution in [0, 0.1) is 40.7 Å². The second-order valence-corrected chi connectivity index (χ2v) is 14.5. The lowest BCUT2D eigenvalue weighted by Gasteiger charge is -2.31. The van der Waals surface area contributed by atoms with Gasteiger partial charge in [0.2, 0.25) is 0 Å². The van der Waals surface area contributed by atoms with Crippen LogP contribution in [0.3, 0.4) is 0 Å². The molecule has 14 heteroatoms. The molecule has 0 unspecified atom stereocenters. The van der Waals surface area contributed by atoms with Crippen molar-refractivity contribution in [3.63, 3.8) is 0 Å². The van der Waals surface area contributed by atoms with E-state index in [1.807, 2.05) is 11.0 Å². The Labute approximate surface area is 277 Å². The summed E-state index contributed by atoms with van der Waals surface area (Å²) in [5, 5.41) is 10.5. The van der Waals surface area contributed by atoms with Crippen LogP contribution in [0.1, 0.15) is 31.2 Å². The number of fused-ring (bicyclic) bond motifs is 4. The number of alkyl halides is 1. The summed E-state index contributed by atoms with van der Waals surface area (Å²) in [7, 11) is 1.38. The van der Waals surface area contributed by atoms with Gasteiger partial charge in [0.05, 0.1) is 33.9 Å². The molecule has 2 aromatic carbocycles. The number of hydrogen-bond donors (Lipinski definition) is 1. The van der Waals surface area contributed by atoms with Gasteiger partial charge in [0, 0.05) is 42.4 Å². The van der Waals surface area contributed by atoms with E-state index in [-0.39, 0.29) is 78.7 Å². The van der Waals surface area contributed by atoms with Crippen LogP contribution in [-0.2, 0) is 9.53 Å². The van der Waals surface area contributed by atoms with Crippen molar-refractivity contribution in [1.82, 2.24) is 14.9 Å². The van der Waals surface area contributed by atoms with Crippen molar-refractivity contribution in [2.75, 3.05) is 50.5 Å². The fourth-order valence-electron chi connectivity index (χ4n) is 8.29. The molecule has 4 aromatic rings. The highest BCUT2D eigenvalue weighted by atomic mass is 35.5. The van der Waals surface area contributed by atoms with E-state index in [2.05, 4.69) is 9.88 Å². The quantitative estimate of drug-likeness (QED) is 0.241. The van der Waals surface area contributed by atoms with E-state index in [0.29, 0.717) is 37.3 Å². The average molecular weight is 683 g/mol. The summed E-state index contributed by atoms with van der Waals surface area (Å²) in [6.07, 6.45) is 1.82. The van der Waals surface area contributed by atoms with Crippen LogP contribution in [0.5, 0.6) is 6.01 Å². The minimum absolute atomic E-state index is 0.0178. The van der Waals surface area contributed by atoms with Crippen LogP contribution in [0.25, 0.3) is 32.1 Å². The smallest absolute Gasteiger partial charge is 0.319 e. The Hall–Kier alpha value is -3.86. The second kappa shape index (κ2) is 11.1. The lowest BCUT2D eigenvalue weighted by molar-refractivity contribution is -0.142. The van der Waals surface area contributed by atoms with Crippen LogP contribution in [-0.4, -0.2) is 72.4 Å². The number of benzene rings is 2. The first-order chi connectivity index (χ1) is 22.6. The molecule has 5 heterocycles. The number of carbonyl (C=O) groups is 1. The Bertz CT molecular complexity index is 2020. The lowest BCUT2D eigenvalue weighted by Crippen LogP contribution is -2.43. The number of nitrogens with zero attached hydrogens (tertiary/aromatic N) is 5. The largest absolute Gasteiger partial charge is 0.469 e. The number of nitriles is 1. The van der Waals surface area contributed by atoms with E-state index < -0.39 is 23.3 Å². The number of nitrogen functional groups attached to an aromatic ring is 1. The maximum absolute atomic E-state index is 16.9. The molecule has 3 saturated heterocycles. The molecule has 2 aromatic heterocycles. The molecule has 9 nitrogen and oxygen atoms in total. The van der Waals surface area contributed by atoms with Gasteiger partial charge < -0.3 is 20.1 Å². The topological polar surface area (TPSA) is 118 Å². The Morgan fingerprint density at radius 1 is 1.26 bits per heavy atom. The Morgan fingerprint density at radius 3 is 2.87 bits per heavy atom. The molecule has 4 fully saturated rings. The van der Waals surface area contributed by atoms with Crippen molar-refractivity contribution in [3.05, 3.63) is 40.4 Å². The fraction of sp³-hybridized carbons (Fsp3) is 0.455. The summed E-state index contributed by atoms with van der Waals surface area (Å²) >= 11 is 7.74. The molecule has 47 heavy (non-hydrogen) atoms. The van der Waals surface area contributed by atoms with Gasteiger partial charge in [-0.2, -0.15) is 15.2 Å². The van der Waals surface area contributed by atoms with E-state index in [9.17, 15) is 18.8 Å². The molecule has 0 radical (unpaired) electrons. The highest BCUT2D eigenvalue weighted by molar-refractivity contribution is 7.23. The first kappa shape index (κ1) is 30.5. The van der Waals surface area contributed by atoms with Gasteiger partial charge in [-0.15, -0.1) is 11.3 Å². The number of thiophene rings is 1. The molecule has 1 saturated carbocycles. The van der Waals surface area contributed by atoms with Gasteiger partial charge in [-0.3, -0.25) is 9.69 Å². The zero-order valence-electron chi connectivity index (χ0n) is 25.4. The monoisotopic (exact) mass is 682 g/mol. The third-order valence-electron chi connectivity index (χ3n) is 10.5. The van der Waals surface area contributed by atoms with Crippen LogP contribution < -0.4 is 15.4 Å². The summed E-state index contributed by atoms with van der Waals surface area (Å²) in [5.41, 5.74) is 5.70. The van der Waals surface area contributed by atoms with Crippen LogP contribution in [0.2, 0.25) is 5.02 Å². The van der Waals surface area contributed by atoms with Gasteiger partial charge >= 0.3 is 12.0 Å². The summed E-state index contributed by atoms with van der Waals surface area (Å²) in [4.78, 5) is 25.8. The van der Waals surface area contributed by atoms with E-state index in [1.54, 1.807) is 6.07 Å². The number of methoxy groups -OCH3 is 1. The minimum Gasteiger partial charge on any atom is -0.469 e. The average Bonchev–Trinajstić information content (AvgIpc) is 3.26. The van der Waals surface area contributed by atoms with E-state index in [4.69, 9.17) is 31.8 Å². The first-order valence-electron chi connectivity index (χ1n) is 15.6. The van der Waals surface area contributed by atoms with Crippen molar-refractivity contribution in [1.29, 1.82) is 5.26 Å². The van der Waals surface area contributed by atoms with Gasteiger partial charge in [0.1, 0.15) is 41.0 Å². The van der Waals surface area contributed by atoms with E-state index >= 15 is 4.39 Å². The first-order valence-corrected chi connectivity index (χ1v) is 16.8. The van der Waals surface area contributed by atoms with Crippen LogP contribution >= 0.6 is 22.9 Å². The number of halogens is 4. The molecule has 1 aliphatic carbocycles. The van der Waals surface area contributed by atoms with Gasteiger partial charge in [-0.1, -0.05) is 17.7 Å². The number of esters is 1. The summed E-state index contributed by atoms with van der Waals surface area (Å²) in [5.74, 6) is -1.13. The van der Waals surface area contributed by atoms with E-state index in [1.165, 1.54) is 19.2 Å². The molecule has 3 aliphatic heterocycles. The molecule has 2 N–H and O–H groups in total. The van der Waals surface area contributed by atoms with Crippen LogP contribution in [0.15, 0.2) is 18.2 Å². The second-order valence-electron chi connectivity index (χ2n) is 13.0. The fourth-order valence-corrected chi connectivity index (χ4v) is 9.53. The predicted molar refractivity (Wildman–Crippen MR) is 172 cm³/mol. The minimum atomic E-state index is -0.950. The molecule has 0 amide bonds. The summed E-state index contributed by atoms with van der Waals surface area (Å²) in [6.45, 7) is 2.34. The summed E-state index contributed by atoms with van der Waals surface area (Å²) < 4.78 is 57.6. The van der Waals surface area contributed by atoms with Crippen molar-refractivity contribution in [2.45, 2.75) is 37.4 Å². The summed E-state index contributed by atoms with van der Waals surface area (Å²) in [6, 6.07) is 6.10. The number of anilines is 2. The number of carbonyl (C=O) groups excluding carboxylic acids is 1. The predicted octanol–water partition coefficient (Wildman–Crippen LogP) is 6.10. The zero-order chi connectivity index (χ0) is 32.8. The molecule has 244 valence electrons.